The number of sulfonamides is 1. The third kappa shape index (κ3) is 5.65. The Balaban J connectivity index is 1.54. The molecule has 6 nitrogen and oxygen atoms in total. The molecule has 1 aromatic carbocycles. The fourth-order valence-corrected chi connectivity index (χ4v) is 5.69. The number of halogens is 2. The van der Waals surface area contributed by atoms with Crippen molar-refractivity contribution in [2.24, 2.45) is 0 Å². The average Bonchev–Trinajstić information content (AvgIpc) is 3.04. The first-order chi connectivity index (χ1) is 12.8. The Hall–Kier alpha value is -1.68. The maximum atomic E-state index is 12.9. The third-order valence-electron chi connectivity index (χ3n) is 4.13. The second-order valence-corrected chi connectivity index (χ2v) is 9.86. The Bertz CT molecular complexity index is 902. The van der Waals surface area contributed by atoms with E-state index in [9.17, 15) is 17.6 Å². The number of hydrogen-bond acceptors (Lipinski definition) is 5. The van der Waals surface area contributed by atoms with Crippen LogP contribution in [0.1, 0.15) is 25.7 Å². The average molecular weight is 433 g/mol. The van der Waals surface area contributed by atoms with Crippen molar-refractivity contribution < 1.29 is 22.3 Å². The van der Waals surface area contributed by atoms with Crippen LogP contribution in [-0.4, -0.2) is 26.7 Å². The minimum atomic E-state index is -3.65. The van der Waals surface area contributed by atoms with Gasteiger partial charge in [-0.25, -0.2) is 22.3 Å². The molecule has 1 aliphatic rings. The minimum Gasteiger partial charge on any atom is -0.446 e. The van der Waals surface area contributed by atoms with Crippen molar-refractivity contribution >= 4 is 44.7 Å². The van der Waals surface area contributed by atoms with Crippen LogP contribution in [0.15, 0.2) is 40.6 Å². The van der Waals surface area contributed by atoms with Gasteiger partial charge in [0.2, 0.25) is 10.0 Å². The van der Waals surface area contributed by atoms with E-state index < -0.39 is 28.0 Å². The van der Waals surface area contributed by atoms with Gasteiger partial charge in [-0.1, -0.05) is 11.6 Å². The number of benzene rings is 1. The van der Waals surface area contributed by atoms with E-state index in [2.05, 4.69) is 10.0 Å². The number of ether oxygens (including phenoxy) is 1. The highest BCUT2D eigenvalue weighted by atomic mass is 35.5. The normalized spacial score (nSPS) is 20.2. The van der Waals surface area contributed by atoms with Gasteiger partial charge in [-0.2, -0.15) is 0 Å². The van der Waals surface area contributed by atoms with Crippen LogP contribution in [0.2, 0.25) is 4.34 Å². The summed E-state index contributed by atoms with van der Waals surface area (Å²) in [5, 5.41) is 2.53. The quantitative estimate of drug-likeness (QED) is 0.734. The van der Waals surface area contributed by atoms with E-state index in [1.54, 1.807) is 0 Å². The predicted molar refractivity (Wildman–Crippen MR) is 102 cm³/mol. The van der Waals surface area contributed by atoms with E-state index in [0.717, 1.165) is 17.8 Å². The zero-order valence-electron chi connectivity index (χ0n) is 14.2. The largest absolute Gasteiger partial charge is 0.446 e. The van der Waals surface area contributed by atoms with E-state index in [1.165, 1.54) is 36.4 Å². The Labute approximate surface area is 165 Å². The molecule has 0 bridgehead atoms. The number of amides is 1. The highest BCUT2D eigenvalue weighted by Crippen LogP contribution is 2.28. The minimum absolute atomic E-state index is 0.157. The second kappa shape index (κ2) is 8.55. The number of carbonyl (C=O) groups excluding carboxylic acids is 1. The Kier molecular flexibility index (Phi) is 6.36. The molecule has 1 aromatic heterocycles. The van der Waals surface area contributed by atoms with Gasteiger partial charge in [-0.15, -0.1) is 11.3 Å². The fourth-order valence-electron chi connectivity index (χ4n) is 2.91. The summed E-state index contributed by atoms with van der Waals surface area (Å²) in [6.07, 6.45) is 1.37. The van der Waals surface area contributed by atoms with Gasteiger partial charge in [-0.3, -0.25) is 5.32 Å². The summed E-state index contributed by atoms with van der Waals surface area (Å²) < 4.78 is 46.3. The molecule has 0 saturated heterocycles. The summed E-state index contributed by atoms with van der Waals surface area (Å²) in [5.74, 6) is -0.400. The smallest absolute Gasteiger partial charge is 0.411 e. The van der Waals surface area contributed by atoms with Gasteiger partial charge in [0.25, 0.3) is 0 Å². The molecule has 1 fully saturated rings. The lowest BCUT2D eigenvalue weighted by Crippen LogP contribution is -2.41. The van der Waals surface area contributed by atoms with Gasteiger partial charge in [0, 0.05) is 18.2 Å². The van der Waals surface area contributed by atoms with E-state index in [-0.39, 0.29) is 10.3 Å². The van der Waals surface area contributed by atoms with Crippen molar-refractivity contribution in [3.05, 3.63) is 46.6 Å². The van der Waals surface area contributed by atoms with E-state index in [4.69, 9.17) is 16.3 Å². The van der Waals surface area contributed by atoms with Crippen LogP contribution in [-0.2, 0) is 14.8 Å². The van der Waals surface area contributed by atoms with Gasteiger partial charge in [0.15, 0.2) is 0 Å². The Morgan fingerprint density at radius 1 is 1.19 bits per heavy atom. The number of anilines is 1. The van der Waals surface area contributed by atoms with Crippen molar-refractivity contribution in [1.29, 1.82) is 0 Å². The van der Waals surface area contributed by atoms with Gasteiger partial charge in [0.1, 0.15) is 16.1 Å². The van der Waals surface area contributed by atoms with Crippen LogP contribution in [0.5, 0.6) is 0 Å². The van der Waals surface area contributed by atoms with Crippen molar-refractivity contribution in [3.8, 4) is 0 Å². The number of nitrogens with one attached hydrogen (secondary N) is 2. The molecule has 2 aromatic rings. The SMILES string of the molecule is O=C(Nc1ccc(F)cc1)O[C@@H]1CCC[C@@H](NS(=O)(=O)c2ccc(Cl)s2)C1. The molecule has 0 spiro atoms. The molecule has 2 atom stereocenters. The topological polar surface area (TPSA) is 84.5 Å². The zero-order chi connectivity index (χ0) is 19.4. The van der Waals surface area contributed by atoms with Crippen LogP contribution in [0, 0.1) is 5.82 Å². The van der Waals surface area contributed by atoms with Crippen LogP contribution >= 0.6 is 22.9 Å². The maximum absolute atomic E-state index is 12.9. The summed E-state index contributed by atoms with van der Waals surface area (Å²) in [6, 6.07) is 8.00. The van der Waals surface area contributed by atoms with E-state index >= 15 is 0 Å². The van der Waals surface area contributed by atoms with Crippen molar-refractivity contribution in [1.82, 2.24) is 4.72 Å². The predicted octanol–water partition coefficient (Wildman–Crippen LogP) is 4.38. The molecular formula is C17H18ClFN2O4S2. The first-order valence-electron chi connectivity index (χ1n) is 8.33. The summed E-state index contributed by atoms with van der Waals surface area (Å²) in [5.41, 5.74) is 0.420. The highest BCUT2D eigenvalue weighted by molar-refractivity contribution is 7.91. The van der Waals surface area contributed by atoms with Crippen LogP contribution in [0.25, 0.3) is 0 Å². The molecule has 146 valence electrons. The summed E-state index contributed by atoms with van der Waals surface area (Å²) in [7, 11) is -3.65. The molecule has 0 aliphatic heterocycles. The zero-order valence-corrected chi connectivity index (χ0v) is 16.5. The van der Waals surface area contributed by atoms with Crippen LogP contribution < -0.4 is 10.0 Å². The molecular weight excluding hydrogens is 415 g/mol. The fraction of sp³-hybridized carbons (Fsp3) is 0.353. The monoisotopic (exact) mass is 432 g/mol. The van der Waals surface area contributed by atoms with E-state index in [1.807, 2.05) is 0 Å². The molecule has 0 unspecified atom stereocenters. The molecule has 3 rings (SSSR count). The van der Waals surface area contributed by atoms with Gasteiger partial charge in [0.05, 0.1) is 4.34 Å². The molecule has 27 heavy (non-hydrogen) atoms. The Morgan fingerprint density at radius 3 is 2.59 bits per heavy atom. The first kappa shape index (κ1) is 20.1. The maximum Gasteiger partial charge on any atom is 0.411 e. The van der Waals surface area contributed by atoms with Gasteiger partial charge >= 0.3 is 6.09 Å². The van der Waals surface area contributed by atoms with Gasteiger partial charge in [-0.05, 0) is 55.7 Å². The lowest BCUT2D eigenvalue weighted by Gasteiger charge is -2.29. The number of carbonyl (C=O) groups is 1. The van der Waals surface area contributed by atoms with Crippen molar-refractivity contribution in [2.45, 2.75) is 42.0 Å². The Morgan fingerprint density at radius 2 is 1.93 bits per heavy atom. The molecule has 2 N–H and O–H groups in total. The highest BCUT2D eigenvalue weighted by Gasteiger charge is 2.29. The van der Waals surface area contributed by atoms with E-state index in [0.29, 0.717) is 29.3 Å². The lowest BCUT2D eigenvalue weighted by molar-refractivity contribution is 0.0793. The van der Waals surface area contributed by atoms with Gasteiger partial charge < -0.3 is 4.74 Å². The molecule has 1 amide bonds. The number of thiophene rings is 1. The molecule has 1 saturated carbocycles. The third-order valence-corrected chi connectivity index (χ3v) is 7.37. The molecule has 1 heterocycles. The van der Waals surface area contributed by atoms with Crippen molar-refractivity contribution in [2.75, 3.05) is 5.32 Å². The summed E-state index contributed by atoms with van der Waals surface area (Å²) in [4.78, 5) is 12.0. The molecule has 0 radical (unpaired) electrons. The van der Waals surface area contributed by atoms with Crippen LogP contribution in [0.4, 0.5) is 14.9 Å². The van der Waals surface area contributed by atoms with Crippen molar-refractivity contribution in [3.63, 3.8) is 0 Å². The number of rotatable bonds is 5. The molecule has 10 heteroatoms. The summed E-state index contributed by atoms with van der Waals surface area (Å²) in [6.45, 7) is 0. The second-order valence-electron chi connectivity index (χ2n) is 6.20. The molecule has 1 aliphatic carbocycles. The first-order valence-corrected chi connectivity index (χ1v) is 11.0. The lowest BCUT2D eigenvalue weighted by atomic mass is 9.94. The number of hydrogen-bond donors (Lipinski definition) is 2. The van der Waals surface area contributed by atoms with Crippen LogP contribution in [0.3, 0.4) is 0 Å². The summed E-state index contributed by atoms with van der Waals surface area (Å²) >= 11 is 6.80. The standard InChI is InChI=1S/C17H18ClFN2O4S2/c18-15-8-9-16(26-15)27(23,24)21-13-2-1-3-14(10-13)25-17(22)20-12-6-4-11(19)5-7-12/h4-9,13-14,21H,1-3,10H2,(H,20,22)/t13-,14-/m1/s1.